The molecule has 0 amide bonds. The van der Waals surface area contributed by atoms with E-state index < -0.39 is 9.84 Å². The molecule has 1 aromatic heterocycles. The maximum Gasteiger partial charge on any atom is 0.152 e. The van der Waals surface area contributed by atoms with Crippen LogP contribution in [0, 0.1) is 18.3 Å². The maximum atomic E-state index is 11.6. The van der Waals surface area contributed by atoms with Gasteiger partial charge in [-0.15, -0.1) is 0 Å². The van der Waals surface area contributed by atoms with Gasteiger partial charge in [0.05, 0.1) is 17.1 Å². The molecule has 5 nitrogen and oxygen atoms in total. The molecule has 1 aliphatic heterocycles. The van der Waals surface area contributed by atoms with Gasteiger partial charge in [-0.25, -0.2) is 13.4 Å². The molecule has 96 valence electrons. The number of anilines is 1. The van der Waals surface area contributed by atoms with Gasteiger partial charge in [0.1, 0.15) is 11.9 Å². The number of hydrogen-bond donors (Lipinski definition) is 0. The summed E-state index contributed by atoms with van der Waals surface area (Å²) in [6.45, 7) is 2.90. The SMILES string of the molecule is Cc1ccnc(N2CCCS(=O)(=O)CC2)c1C#N. The van der Waals surface area contributed by atoms with Crippen LogP contribution in [0.15, 0.2) is 12.3 Å². The van der Waals surface area contributed by atoms with Crippen molar-refractivity contribution >= 4 is 15.7 Å². The van der Waals surface area contributed by atoms with Crippen molar-refractivity contribution in [1.29, 1.82) is 5.26 Å². The first-order valence-electron chi connectivity index (χ1n) is 5.84. The lowest BCUT2D eigenvalue weighted by Gasteiger charge is -2.22. The number of sulfone groups is 1. The first-order valence-corrected chi connectivity index (χ1v) is 7.67. The second-order valence-corrected chi connectivity index (χ2v) is 6.73. The van der Waals surface area contributed by atoms with Gasteiger partial charge in [-0.1, -0.05) is 0 Å². The Kier molecular flexibility index (Phi) is 3.53. The third-order valence-electron chi connectivity index (χ3n) is 3.11. The van der Waals surface area contributed by atoms with Gasteiger partial charge in [-0.3, -0.25) is 0 Å². The topological polar surface area (TPSA) is 74.1 Å². The Morgan fingerprint density at radius 3 is 2.89 bits per heavy atom. The number of nitriles is 1. The Hall–Kier alpha value is -1.61. The summed E-state index contributed by atoms with van der Waals surface area (Å²) in [7, 11) is -2.94. The molecule has 1 fully saturated rings. The van der Waals surface area contributed by atoms with Crippen LogP contribution in [0.5, 0.6) is 0 Å². The number of aryl methyl sites for hydroxylation is 1. The van der Waals surface area contributed by atoms with E-state index in [1.807, 2.05) is 11.8 Å². The molecule has 0 saturated carbocycles. The molecule has 1 aromatic rings. The molecule has 2 rings (SSSR count). The molecule has 0 bridgehead atoms. The summed E-state index contributed by atoms with van der Waals surface area (Å²) in [4.78, 5) is 6.13. The van der Waals surface area contributed by atoms with Crippen LogP contribution in [0.25, 0.3) is 0 Å². The Labute approximate surface area is 107 Å². The number of rotatable bonds is 1. The standard InChI is InChI=1S/C12H15N3O2S/c1-10-3-4-14-12(11(10)9-13)15-5-2-7-18(16,17)8-6-15/h3-4H,2,5-8H2,1H3. The molecular weight excluding hydrogens is 250 g/mol. The lowest BCUT2D eigenvalue weighted by atomic mass is 10.1. The summed E-state index contributed by atoms with van der Waals surface area (Å²) in [5, 5.41) is 9.17. The van der Waals surface area contributed by atoms with E-state index in [1.54, 1.807) is 12.3 Å². The highest BCUT2D eigenvalue weighted by Gasteiger charge is 2.22. The zero-order valence-electron chi connectivity index (χ0n) is 10.3. The molecule has 0 aliphatic carbocycles. The quantitative estimate of drug-likeness (QED) is 0.753. The first-order chi connectivity index (χ1) is 8.53. The van der Waals surface area contributed by atoms with Gasteiger partial charge in [0, 0.05) is 19.3 Å². The summed E-state index contributed by atoms with van der Waals surface area (Å²) in [6.07, 6.45) is 2.24. The summed E-state index contributed by atoms with van der Waals surface area (Å²) in [5.41, 5.74) is 1.41. The van der Waals surface area contributed by atoms with Gasteiger partial charge in [-0.05, 0) is 25.0 Å². The van der Waals surface area contributed by atoms with E-state index in [9.17, 15) is 8.42 Å². The molecule has 0 N–H and O–H groups in total. The van der Waals surface area contributed by atoms with Crippen molar-refractivity contribution in [1.82, 2.24) is 4.98 Å². The monoisotopic (exact) mass is 265 g/mol. The molecule has 0 unspecified atom stereocenters. The van der Waals surface area contributed by atoms with Crippen LogP contribution in [0.4, 0.5) is 5.82 Å². The van der Waals surface area contributed by atoms with Gasteiger partial charge in [0.15, 0.2) is 9.84 Å². The van der Waals surface area contributed by atoms with E-state index in [0.29, 0.717) is 30.9 Å². The van der Waals surface area contributed by atoms with E-state index in [4.69, 9.17) is 5.26 Å². The summed E-state index contributed by atoms with van der Waals surface area (Å²) in [6, 6.07) is 3.94. The minimum absolute atomic E-state index is 0.132. The molecule has 0 spiro atoms. The van der Waals surface area contributed by atoms with E-state index in [1.165, 1.54) is 0 Å². The van der Waals surface area contributed by atoms with Crippen LogP contribution < -0.4 is 4.90 Å². The molecule has 0 atom stereocenters. The second kappa shape index (κ2) is 4.94. The molecule has 18 heavy (non-hydrogen) atoms. The summed E-state index contributed by atoms with van der Waals surface area (Å²) in [5.74, 6) is 0.958. The van der Waals surface area contributed by atoms with Gasteiger partial charge in [0.25, 0.3) is 0 Å². The van der Waals surface area contributed by atoms with E-state index in [2.05, 4.69) is 11.1 Å². The molecule has 1 aliphatic rings. The van der Waals surface area contributed by atoms with Crippen LogP contribution in [-0.4, -0.2) is 38.0 Å². The number of pyridine rings is 1. The van der Waals surface area contributed by atoms with Crippen molar-refractivity contribution in [3.8, 4) is 6.07 Å². The third kappa shape index (κ3) is 2.62. The number of hydrogen-bond acceptors (Lipinski definition) is 5. The van der Waals surface area contributed by atoms with E-state index in [-0.39, 0.29) is 11.5 Å². The van der Waals surface area contributed by atoms with Gasteiger partial charge in [0.2, 0.25) is 0 Å². The van der Waals surface area contributed by atoms with Gasteiger partial charge >= 0.3 is 0 Å². The lowest BCUT2D eigenvalue weighted by Crippen LogP contribution is -2.28. The fourth-order valence-electron chi connectivity index (χ4n) is 2.07. The van der Waals surface area contributed by atoms with Crippen molar-refractivity contribution in [2.24, 2.45) is 0 Å². The fourth-order valence-corrected chi connectivity index (χ4v) is 3.34. The molecular formula is C12H15N3O2S. The fraction of sp³-hybridized carbons (Fsp3) is 0.500. The van der Waals surface area contributed by atoms with Crippen LogP contribution in [0.2, 0.25) is 0 Å². The zero-order chi connectivity index (χ0) is 13.2. The highest BCUT2D eigenvalue weighted by Crippen LogP contribution is 2.21. The Balaban J connectivity index is 2.33. The molecule has 1 saturated heterocycles. The predicted octanol–water partition coefficient (Wildman–Crippen LogP) is 0.887. The van der Waals surface area contributed by atoms with E-state index >= 15 is 0 Å². The summed E-state index contributed by atoms with van der Waals surface area (Å²) < 4.78 is 23.1. The Morgan fingerprint density at radius 1 is 1.39 bits per heavy atom. The predicted molar refractivity (Wildman–Crippen MR) is 69.2 cm³/mol. The molecule has 6 heteroatoms. The van der Waals surface area contributed by atoms with Crippen molar-refractivity contribution in [2.75, 3.05) is 29.5 Å². The largest absolute Gasteiger partial charge is 0.354 e. The minimum atomic E-state index is -2.94. The van der Waals surface area contributed by atoms with Crippen LogP contribution in [0.3, 0.4) is 0 Å². The van der Waals surface area contributed by atoms with Crippen LogP contribution in [-0.2, 0) is 9.84 Å². The minimum Gasteiger partial charge on any atom is -0.354 e. The molecule has 0 radical (unpaired) electrons. The zero-order valence-corrected chi connectivity index (χ0v) is 11.1. The lowest BCUT2D eigenvalue weighted by molar-refractivity contribution is 0.597. The second-order valence-electron chi connectivity index (χ2n) is 4.43. The number of nitrogens with zero attached hydrogens (tertiary/aromatic N) is 3. The van der Waals surface area contributed by atoms with Crippen LogP contribution in [0.1, 0.15) is 17.5 Å². The average Bonchev–Trinajstić information content (AvgIpc) is 2.50. The smallest absolute Gasteiger partial charge is 0.152 e. The third-order valence-corrected chi connectivity index (χ3v) is 4.82. The average molecular weight is 265 g/mol. The van der Waals surface area contributed by atoms with Crippen molar-refractivity contribution in [3.63, 3.8) is 0 Å². The highest BCUT2D eigenvalue weighted by molar-refractivity contribution is 7.91. The maximum absolute atomic E-state index is 11.6. The van der Waals surface area contributed by atoms with E-state index in [0.717, 1.165) is 5.56 Å². The molecule has 2 heterocycles. The first kappa shape index (κ1) is 12.8. The van der Waals surface area contributed by atoms with Crippen LogP contribution >= 0.6 is 0 Å². The normalized spacial score (nSPS) is 19.0. The van der Waals surface area contributed by atoms with Crippen molar-refractivity contribution < 1.29 is 8.42 Å². The molecule has 0 aromatic carbocycles. The van der Waals surface area contributed by atoms with Gasteiger partial charge < -0.3 is 4.90 Å². The summed E-state index contributed by atoms with van der Waals surface area (Å²) >= 11 is 0. The number of aromatic nitrogens is 1. The Morgan fingerprint density at radius 2 is 2.17 bits per heavy atom. The Bertz CT molecular complexity index is 590. The van der Waals surface area contributed by atoms with Crippen molar-refractivity contribution in [3.05, 3.63) is 23.4 Å². The van der Waals surface area contributed by atoms with Gasteiger partial charge in [-0.2, -0.15) is 5.26 Å². The van der Waals surface area contributed by atoms with Crippen molar-refractivity contribution in [2.45, 2.75) is 13.3 Å². The highest BCUT2D eigenvalue weighted by atomic mass is 32.2.